The van der Waals surface area contributed by atoms with E-state index in [4.69, 9.17) is 0 Å². The van der Waals surface area contributed by atoms with Crippen LogP contribution in [0.25, 0.3) is 0 Å². The van der Waals surface area contributed by atoms with Crippen molar-refractivity contribution in [1.82, 2.24) is 10.2 Å². The van der Waals surface area contributed by atoms with Crippen molar-refractivity contribution in [3.8, 4) is 0 Å². The number of nitrogens with one attached hydrogen (secondary N) is 1. The van der Waals surface area contributed by atoms with E-state index < -0.39 is 0 Å². The molecule has 0 spiro atoms. The highest BCUT2D eigenvalue weighted by atomic mass is 19.1. The van der Waals surface area contributed by atoms with Gasteiger partial charge in [-0.3, -0.25) is 4.79 Å². The van der Waals surface area contributed by atoms with Crippen LogP contribution in [0, 0.1) is 11.7 Å². The van der Waals surface area contributed by atoms with E-state index in [1.54, 1.807) is 18.2 Å². The highest BCUT2D eigenvalue weighted by Crippen LogP contribution is 2.18. The summed E-state index contributed by atoms with van der Waals surface area (Å²) in [6.45, 7) is 3.64. The van der Waals surface area contributed by atoms with Gasteiger partial charge in [0.1, 0.15) is 5.82 Å². The maximum atomic E-state index is 13.5. The Bertz CT molecular complexity index is 450. The van der Waals surface area contributed by atoms with Gasteiger partial charge in [-0.05, 0) is 31.0 Å². The van der Waals surface area contributed by atoms with E-state index in [0.717, 1.165) is 19.5 Å². The van der Waals surface area contributed by atoms with Crippen LogP contribution in [0.15, 0.2) is 24.3 Å². The maximum Gasteiger partial charge on any atom is 0.227 e. The summed E-state index contributed by atoms with van der Waals surface area (Å²) in [6.07, 6.45) is 1.12. The van der Waals surface area contributed by atoms with Crippen LogP contribution in [0.4, 0.5) is 4.39 Å². The lowest BCUT2D eigenvalue weighted by Crippen LogP contribution is -2.49. The first-order chi connectivity index (χ1) is 9.11. The number of carbonyl (C=O) groups excluding carboxylic acids is 1. The summed E-state index contributed by atoms with van der Waals surface area (Å²) in [7, 11) is 1.96. The average molecular weight is 264 g/mol. The lowest BCUT2D eigenvalue weighted by Gasteiger charge is -2.36. The first-order valence-electron chi connectivity index (χ1n) is 6.80. The summed E-state index contributed by atoms with van der Waals surface area (Å²) in [5.74, 6) is 0.156. The number of nitrogens with zero attached hydrogens (tertiary/aromatic N) is 1. The number of carbonyl (C=O) groups is 1. The summed E-state index contributed by atoms with van der Waals surface area (Å²) >= 11 is 0. The highest BCUT2D eigenvalue weighted by Gasteiger charge is 2.27. The molecule has 1 fully saturated rings. The van der Waals surface area contributed by atoms with Crippen molar-refractivity contribution in [3.63, 3.8) is 0 Å². The van der Waals surface area contributed by atoms with Crippen molar-refractivity contribution < 1.29 is 9.18 Å². The Balaban J connectivity index is 1.96. The molecule has 1 N–H and O–H groups in total. The summed E-state index contributed by atoms with van der Waals surface area (Å²) in [5.41, 5.74) is 0.482. The molecular formula is C15H21FN2O. The van der Waals surface area contributed by atoms with E-state index in [1.165, 1.54) is 6.07 Å². The predicted molar refractivity (Wildman–Crippen MR) is 73.3 cm³/mol. The Morgan fingerprint density at radius 1 is 1.47 bits per heavy atom. The number of likely N-dealkylation sites (tertiary alicyclic amines) is 1. The van der Waals surface area contributed by atoms with Gasteiger partial charge < -0.3 is 10.2 Å². The summed E-state index contributed by atoms with van der Waals surface area (Å²) in [6, 6.07) is 6.96. The zero-order chi connectivity index (χ0) is 13.8. The quantitative estimate of drug-likeness (QED) is 0.903. The molecule has 0 radical (unpaired) electrons. The molecular weight excluding hydrogens is 243 g/mol. The number of benzene rings is 1. The number of rotatable bonds is 3. The lowest BCUT2D eigenvalue weighted by atomic mass is 9.93. The van der Waals surface area contributed by atoms with Crippen molar-refractivity contribution in [1.29, 1.82) is 0 Å². The van der Waals surface area contributed by atoms with Crippen LogP contribution in [-0.4, -0.2) is 37.0 Å². The van der Waals surface area contributed by atoms with Crippen LogP contribution in [-0.2, 0) is 11.2 Å². The van der Waals surface area contributed by atoms with Crippen molar-refractivity contribution >= 4 is 5.91 Å². The molecule has 1 aliphatic heterocycles. The first-order valence-corrected chi connectivity index (χ1v) is 6.80. The summed E-state index contributed by atoms with van der Waals surface area (Å²) in [4.78, 5) is 14.1. The summed E-state index contributed by atoms with van der Waals surface area (Å²) in [5, 5.41) is 3.27. The normalized spacial score (nSPS) is 23.4. The Labute approximate surface area is 113 Å². The zero-order valence-corrected chi connectivity index (χ0v) is 11.5. The van der Waals surface area contributed by atoms with E-state index >= 15 is 0 Å². The van der Waals surface area contributed by atoms with Crippen LogP contribution in [0.2, 0.25) is 0 Å². The van der Waals surface area contributed by atoms with E-state index in [9.17, 15) is 9.18 Å². The largest absolute Gasteiger partial charge is 0.342 e. The molecule has 19 heavy (non-hydrogen) atoms. The minimum Gasteiger partial charge on any atom is -0.342 e. The second-order valence-electron chi connectivity index (χ2n) is 5.27. The molecule has 1 aromatic carbocycles. The molecule has 0 saturated carbocycles. The van der Waals surface area contributed by atoms with Crippen molar-refractivity contribution in [2.45, 2.75) is 25.8 Å². The Morgan fingerprint density at radius 2 is 2.21 bits per heavy atom. The van der Waals surface area contributed by atoms with E-state index in [-0.39, 0.29) is 18.1 Å². The van der Waals surface area contributed by atoms with Crippen molar-refractivity contribution in [2.75, 3.05) is 20.1 Å². The van der Waals surface area contributed by atoms with E-state index in [2.05, 4.69) is 12.2 Å². The number of hydrogen-bond donors (Lipinski definition) is 1. The van der Waals surface area contributed by atoms with Crippen LogP contribution < -0.4 is 5.32 Å². The molecule has 1 heterocycles. The van der Waals surface area contributed by atoms with Crippen molar-refractivity contribution in [3.05, 3.63) is 35.6 Å². The third-order valence-electron chi connectivity index (χ3n) is 3.93. The first kappa shape index (κ1) is 14.0. The van der Waals surface area contributed by atoms with Gasteiger partial charge in [-0.15, -0.1) is 0 Å². The standard InChI is InChI=1S/C15H21FN2O/c1-11-10-18(8-7-14(11)17-2)15(19)9-12-5-3-4-6-13(12)16/h3-6,11,14,17H,7-10H2,1-2H3. The number of piperidine rings is 1. The van der Waals surface area contributed by atoms with Gasteiger partial charge in [0.15, 0.2) is 0 Å². The maximum absolute atomic E-state index is 13.5. The van der Waals surface area contributed by atoms with Crippen molar-refractivity contribution in [2.24, 2.45) is 5.92 Å². The second kappa shape index (κ2) is 6.15. The minimum absolute atomic E-state index is 0.0199. The van der Waals surface area contributed by atoms with Gasteiger partial charge in [-0.2, -0.15) is 0 Å². The molecule has 104 valence electrons. The van der Waals surface area contributed by atoms with Crippen LogP contribution in [0.3, 0.4) is 0 Å². The van der Waals surface area contributed by atoms with Crippen LogP contribution in [0.1, 0.15) is 18.9 Å². The average Bonchev–Trinajstić information content (AvgIpc) is 2.41. The fourth-order valence-corrected chi connectivity index (χ4v) is 2.72. The monoisotopic (exact) mass is 264 g/mol. The third kappa shape index (κ3) is 3.32. The number of hydrogen-bond acceptors (Lipinski definition) is 2. The minimum atomic E-state index is -0.297. The van der Waals surface area contributed by atoms with Gasteiger partial charge in [-0.25, -0.2) is 4.39 Å². The van der Waals surface area contributed by atoms with Gasteiger partial charge in [-0.1, -0.05) is 25.1 Å². The van der Waals surface area contributed by atoms with Gasteiger partial charge in [0.2, 0.25) is 5.91 Å². The van der Waals surface area contributed by atoms with Gasteiger partial charge in [0.25, 0.3) is 0 Å². The van der Waals surface area contributed by atoms with Crippen LogP contribution in [0.5, 0.6) is 0 Å². The Morgan fingerprint density at radius 3 is 2.84 bits per heavy atom. The molecule has 0 aliphatic carbocycles. The molecule has 1 aromatic rings. The molecule has 2 rings (SSSR count). The molecule has 2 unspecified atom stereocenters. The molecule has 1 amide bonds. The number of halogens is 1. The predicted octanol–water partition coefficient (Wildman–Crippen LogP) is 1.82. The Hall–Kier alpha value is -1.42. The molecule has 3 nitrogen and oxygen atoms in total. The lowest BCUT2D eigenvalue weighted by molar-refractivity contribution is -0.132. The molecule has 0 bridgehead atoms. The third-order valence-corrected chi connectivity index (χ3v) is 3.93. The fraction of sp³-hybridized carbons (Fsp3) is 0.533. The van der Waals surface area contributed by atoms with Crippen LogP contribution >= 0.6 is 0 Å². The molecule has 4 heteroatoms. The Kier molecular flexibility index (Phi) is 4.53. The topological polar surface area (TPSA) is 32.3 Å². The van der Waals surface area contributed by atoms with Gasteiger partial charge in [0.05, 0.1) is 6.42 Å². The van der Waals surface area contributed by atoms with Gasteiger partial charge >= 0.3 is 0 Å². The molecule has 1 aliphatic rings. The highest BCUT2D eigenvalue weighted by molar-refractivity contribution is 5.79. The van der Waals surface area contributed by atoms with E-state index in [0.29, 0.717) is 17.5 Å². The zero-order valence-electron chi connectivity index (χ0n) is 11.5. The summed E-state index contributed by atoms with van der Waals surface area (Å²) < 4.78 is 13.5. The molecule has 2 atom stereocenters. The SMILES string of the molecule is CNC1CCN(C(=O)Cc2ccccc2F)CC1C. The number of amides is 1. The molecule has 0 aromatic heterocycles. The van der Waals surface area contributed by atoms with E-state index in [1.807, 2.05) is 11.9 Å². The smallest absolute Gasteiger partial charge is 0.227 e. The fourth-order valence-electron chi connectivity index (χ4n) is 2.72. The second-order valence-corrected chi connectivity index (χ2v) is 5.27. The van der Waals surface area contributed by atoms with Gasteiger partial charge in [0, 0.05) is 19.1 Å². The molecule has 1 saturated heterocycles.